The van der Waals surface area contributed by atoms with Gasteiger partial charge in [-0.05, 0) is 12.1 Å². The van der Waals surface area contributed by atoms with Gasteiger partial charge in [-0.2, -0.15) is 0 Å². The number of nitrogens with one attached hydrogen (secondary N) is 3. The molecule has 1 aliphatic rings. The number of carbonyl (C=O) groups excluding carboxylic acids is 1. The van der Waals surface area contributed by atoms with Crippen molar-refractivity contribution in [1.29, 1.82) is 0 Å². The van der Waals surface area contributed by atoms with Gasteiger partial charge in [-0.25, -0.2) is 14.3 Å². The third-order valence-corrected chi connectivity index (χ3v) is 2.45. The molecular weight excluding hydrogens is 258 g/mol. The normalized spacial score (nSPS) is 14.1. The van der Waals surface area contributed by atoms with Crippen molar-refractivity contribution >= 4 is 5.91 Å². The first-order valence-corrected chi connectivity index (χ1v) is 5.38. The highest BCUT2D eigenvalue weighted by atomic mass is 19.1. The summed E-state index contributed by atoms with van der Waals surface area (Å²) in [5.74, 6) is -1.80. The maximum atomic E-state index is 13.4. The number of hydrogen-bond donors (Lipinski definition) is 3. The molecule has 0 unspecified atom stereocenters. The van der Waals surface area contributed by atoms with Gasteiger partial charge >= 0.3 is 0 Å². The quantitative estimate of drug-likeness (QED) is 0.687. The molecule has 2 rings (SSSR count). The van der Waals surface area contributed by atoms with Crippen LogP contribution in [0.1, 0.15) is 5.56 Å². The van der Waals surface area contributed by atoms with Gasteiger partial charge in [0.05, 0.1) is 13.7 Å². The first kappa shape index (κ1) is 13.2. The molecule has 6 nitrogen and oxygen atoms in total. The molecule has 1 aromatic rings. The topological polar surface area (TPSA) is 65.6 Å². The fraction of sp³-hybridized carbons (Fsp3) is 0.182. The molecule has 1 heterocycles. The summed E-state index contributed by atoms with van der Waals surface area (Å²) >= 11 is 0. The van der Waals surface area contributed by atoms with Gasteiger partial charge < -0.3 is 0 Å². The molecular formula is C11H12F2N4O2. The number of hydrogen-bond acceptors (Lipinski definition) is 5. The van der Waals surface area contributed by atoms with E-state index in [1.807, 2.05) is 0 Å². The molecule has 8 heteroatoms. The van der Waals surface area contributed by atoms with Crippen LogP contribution in [0, 0.1) is 11.6 Å². The number of carbonyl (C=O) groups is 1. The molecule has 0 bridgehead atoms. The summed E-state index contributed by atoms with van der Waals surface area (Å²) in [6.45, 7) is -0.0741. The largest absolute Gasteiger partial charge is 0.297 e. The van der Waals surface area contributed by atoms with Gasteiger partial charge in [0.2, 0.25) is 0 Å². The second-order valence-corrected chi connectivity index (χ2v) is 3.74. The van der Waals surface area contributed by atoms with E-state index in [0.717, 1.165) is 0 Å². The Bertz CT molecular complexity index is 501. The predicted molar refractivity (Wildman–Crippen MR) is 61.4 cm³/mol. The molecule has 0 aromatic heterocycles. The highest BCUT2D eigenvalue weighted by molar-refractivity contribution is 5.92. The van der Waals surface area contributed by atoms with Gasteiger partial charge in [0.1, 0.15) is 17.3 Å². The average molecular weight is 270 g/mol. The summed E-state index contributed by atoms with van der Waals surface area (Å²) in [6.07, 6.45) is 1.38. The molecule has 0 atom stereocenters. The van der Waals surface area contributed by atoms with Gasteiger partial charge in [0.25, 0.3) is 5.91 Å². The third-order valence-electron chi connectivity index (χ3n) is 2.45. The average Bonchev–Trinajstić information content (AvgIpc) is 2.83. The maximum absolute atomic E-state index is 13.4. The Morgan fingerprint density at radius 1 is 1.42 bits per heavy atom. The molecule has 0 spiro atoms. The Kier molecular flexibility index (Phi) is 3.93. The molecule has 1 aromatic carbocycles. The number of benzene rings is 1. The minimum atomic E-state index is -0.648. The summed E-state index contributed by atoms with van der Waals surface area (Å²) in [6, 6.07) is 3.63. The first-order chi connectivity index (χ1) is 9.11. The van der Waals surface area contributed by atoms with E-state index in [-0.39, 0.29) is 17.8 Å². The molecule has 0 fully saturated rings. The highest BCUT2D eigenvalue weighted by Crippen LogP contribution is 2.15. The van der Waals surface area contributed by atoms with Crippen molar-refractivity contribution in [3.05, 3.63) is 47.3 Å². The second-order valence-electron chi connectivity index (χ2n) is 3.74. The van der Waals surface area contributed by atoms with Crippen LogP contribution in [-0.4, -0.2) is 18.0 Å². The number of hydroxylamine groups is 1. The second kappa shape index (κ2) is 5.63. The van der Waals surface area contributed by atoms with Crippen LogP contribution in [0.4, 0.5) is 8.78 Å². The molecule has 1 aliphatic heterocycles. The van der Waals surface area contributed by atoms with Gasteiger partial charge in [-0.3, -0.25) is 20.1 Å². The number of amides is 1. The first-order valence-electron chi connectivity index (χ1n) is 5.38. The Balaban J connectivity index is 2.07. The zero-order chi connectivity index (χ0) is 13.8. The third kappa shape index (κ3) is 2.98. The maximum Gasteiger partial charge on any atom is 0.293 e. The summed E-state index contributed by atoms with van der Waals surface area (Å²) in [4.78, 5) is 15.9. The van der Waals surface area contributed by atoms with Crippen LogP contribution in [-0.2, 0) is 16.2 Å². The van der Waals surface area contributed by atoms with Crippen molar-refractivity contribution in [2.75, 3.05) is 7.11 Å². The van der Waals surface area contributed by atoms with Gasteiger partial charge in [0, 0.05) is 11.8 Å². The molecule has 0 saturated carbocycles. The zero-order valence-electron chi connectivity index (χ0n) is 10.0. The van der Waals surface area contributed by atoms with Crippen LogP contribution < -0.4 is 16.4 Å². The molecule has 1 amide bonds. The Hall–Kier alpha value is -2.19. The van der Waals surface area contributed by atoms with Crippen LogP contribution in [0.5, 0.6) is 0 Å². The van der Waals surface area contributed by atoms with Crippen molar-refractivity contribution < 1.29 is 18.4 Å². The zero-order valence-corrected chi connectivity index (χ0v) is 10.0. The molecule has 0 saturated heterocycles. The van der Waals surface area contributed by atoms with Crippen molar-refractivity contribution in [3.63, 3.8) is 0 Å². The van der Waals surface area contributed by atoms with E-state index in [2.05, 4.69) is 21.3 Å². The lowest BCUT2D eigenvalue weighted by atomic mass is 10.2. The van der Waals surface area contributed by atoms with E-state index in [0.29, 0.717) is 0 Å². The summed E-state index contributed by atoms with van der Waals surface area (Å²) in [5, 5.41) is 1.34. The molecule has 0 aliphatic carbocycles. The Labute approximate surface area is 107 Å². The lowest BCUT2D eigenvalue weighted by Gasteiger charge is -2.15. The van der Waals surface area contributed by atoms with E-state index < -0.39 is 17.5 Å². The van der Waals surface area contributed by atoms with E-state index >= 15 is 0 Å². The molecule has 3 N–H and O–H groups in total. The van der Waals surface area contributed by atoms with E-state index in [1.54, 1.807) is 0 Å². The van der Waals surface area contributed by atoms with Gasteiger partial charge in [-0.1, -0.05) is 6.07 Å². The monoisotopic (exact) mass is 270 g/mol. The van der Waals surface area contributed by atoms with Crippen LogP contribution in [0.2, 0.25) is 0 Å². The number of nitrogens with zero attached hydrogens (tertiary/aromatic N) is 1. The minimum Gasteiger partial charge on any atom is -0.297 e. The highest BCUT2D eigenvalue weighted by Gasteiger charge is 2.19. The molecule has 0 radical (unpaired) electrons. The van der Waals surface area contributed by atoms with Gasteiger partial charge in [-0.15, -0.1) is 5.53 Å². The van der Waals surface area contributed by atoms with E-state index in [1.165, 1.54) is 36.5 Å². The predicted octanol–water partition coefficient (Wildman–Crippen LogP) is 0.309. The van der Waals surface area contributed by atoms with E-state index in [4.69, 9.17) is 0 Å². The van der Waals surface area contributed by atoms with Crippen molar-refractivity contribution in [2.45, 2.75) is 6.54 Å². The number of halogens is 2. The standard InChI is InChI=1S/C11H12F2N4O2/c1-19-15-11(18)10-6-17(16-14-10)5-7-8(12)3-2-4-9(7)13/h2-4,6,14,16H,5H2,1H3,(H,15,18). The SMILES string of the molecule is CONC(=O)C1=CN(Cc2c(F)cccc2F)NN1. The lowest BCUT2D eigenvalue weighted by Crippen LogP contribution is -2.38. The van der Waals surface area contributed by atoms with Crippen LogP contribution >= 0.6 is 0 Å². The number of hydrazine groups is 2. The summed E-state index contributed by atoms with van der Waals surface area (Å²) < 4.78 is 26.9. The van der Waals surface area contributed by atoms with Gasteiger partial charge in [0.15, 0.2) is 0 Å². The Morgan fingerprint density at radius 2 is 2.11 bits per heavy atom. The summed E-state index contributed by atoms with van der Waals surface area (Å²) in [7, 11) is 1.30. The fourth-order valence-electron chi connectivity index (χ4n) is 1.55. The Morgan fingerprint density at radius 3 is 2.74 bits per heavy atom. The van der Waals surface area contributed by atoms with Crippen LogP contribution in [0.25, 0.3) is 0 Å². The van der Waals surface area contributed by atoms with Crippen molar-refractivity contribution in [1.82, 2.24) is 21.4 Å². The van der Waals surface area contributed by atoms with E-state index in [9.17, 15) is 13.6 Å². The van der Waals surface area contributed by atoms with Crippen molar-refractivity contribution in [3.8, 4) is 0 Å². The number of rotatable bonds is 4. The molecule has 102 valence electrons. The molecule has 19 heavy (non-hydrogen) atoms. The lowest BCUT2D eigenvalue weighted by molar-refractivity contribution is -0.127. The smallest absolute Gasteiger partial charge is 0.293 e. The van der Waals surface area contributed by atoms with Crippen LogP contribution in [0.3, 0.4) is 0 Å². The fourth-order valence-corrected chi connectivity index (χ4v) is 1.55. The summed E-state index contributed by atoms with van der Waals surface area (Å²) in [5.41, 5.74) is 7.32. The van der Waals surface area contributed by atoms with Crippen molar-refractivity contribution in [2.24, 2.45) is 0 Å². The minimum absolute atomic E-state index is 0.0741. The van der Waals surface area contributed by atoms with Crippen LogP contribution in [0.15, 0.2) is 30.1 Å².